The van der Waals surface area contributed by atoms with Crippen molar-refractivity contribution in [1.82, 2.24) is 35.3 Å². The summed E-state index contributed by atoms with van der Waals surface area (Å²) < 4.78 is 19.2. The third kappa shape index (κ3) is 11.9. The molecule has 3 amide bonds. The van der Waals surface area contributed by atoms with E-state index in [1.807, 2.05) is 107 Å². The summed E-state index contributed by atoms with van der Waals surface area (Å²) in [6.07, 6.45) is 0.0837. The van der Waals surface area contributed by atoms with Gasteiger partial charge in [-0.1, -0.05) is 75.7 Å². The Morgan fingerprint density at radius 3 is 2.30 bits per heavy atom. The number of rotatable bonds is 19. The van der Waals surface area contributed by atoms with Crippen molar-refractivity contribution in [2.24, 2.45) is 16.3 Å². The zero-order valence-electron chi connectivity index (χ0n) is 41.2. The highest BCUT2D eigenvalue weighted by Crippen LogP contribution is 2.42. The number of β-amino-alcohol motifs (C(OH)–C–C–N with tert-alkyl or cyclic N) is 1. The molecule has 19 heteroatoms. The second-order valence-electron chi connectivity index (χ2n) is 18.9. The lowest BCUT2D eigenvalue weighted by molar-refractivity contribution is -0.151. The summed E-state index contributed by atoms with van der Waals surface area (Å²) in [6.45, 7) is 17.6. The first-order chi connectivity index (χ1) is 33.4. The minimum absolute atomic E-state index is 0.0242. The summed E-state index contributed by atoms with van der Waals surface area (Å²) in [6, 6.07) is 12.5. The molecular formula is C51H63ClN8O8S2. The van der Waals surface area contributed by atoms with Crippen molar-refractivity contribution in [1.29, 1.82) is 0 Å². The van der Waals surface area contributed by atoms with E-state index in [9.17, 15) is 24.3 Å². The molecule has 0 saturated carbocycles. The average molecular weight is 1020 g/mol. The molecule has 3 N–H and O–H groups in total. The smallest absolute Gasteiger partial charge is 0.311 e. The van der Waals surface area contributed by atoms with E-state index in [0.29, 0.717) is 29.5 Å². The first kappa shape index (κ1) is 52.5. The highest BCUT2D eigenvalue weighted by Gasteiger charge is 2.45. The number of fused-ring (bicyclic) bond motifs is 3. The lowest BCUT2D eigenvalue weighted by atomic mass is 9.85. The van der Waals surface area contributed by atoms with Crippen LogP contribution in [0.1, 0.15) is 110 Å². The Morgan fingerprint density at radius 1 is 0.929 bits per heavy atom. The minimum Gasteiger partial charge on any atom is -0.463 e. The average Bonchev–Trinajstić information content (AvgIpc) is 4.09. The zero-order valence-corrected chi connectivity index (χ0v) is 43.6. The van der Waals surface area contributed by atoms with Gasteiger partial charge in [0.15, 0.2) is 5.82 Å². The number of hydrogen-bond donors (Lipinski definition) is 3. The van der Waals surface area contributed by atoms with Gasteiger partial charge in [0.05, 0.1) is 46.5 Å². The van der Waals surface area contributed by atoms with Crippen molar-refractivity contribution in [3.05, 3.63) is 104 Å². The van der Waals surface area contributed by atoms with Gasteiger partial charge in [-0.2, -0.15) is 0 Å². The second-order valence-corrected chi connectivity index (χ2v) is 21.4. The van der Waals surface area contributed by atoms with E-state index in [1.165, 1.54) is 4.90 Å². The van der Waals surface area contributed by atoms with Crippen LogP contribution < -0.4 is 10.6 Å². The van der Waals surface area contributed by atoms with Crippen molar-refractivity contribution in [2.75, 3.05) is 39.6 Å². The Hall–Kier alpha value is -5.37. The number of aromatic nitrogens is 4. The van der Waals surface area contributed by atoms with Gasteiger partial charge in [-0.05, 0) is 81.7 Å². The van der Waals surface area contributed by atoms with Gasteiger partial charge < -0.3 is 34.9 Å². The maximum Gasteiger partial charge on any atom is 0.311 e. The van der Waals surface area contributed by atoms with Gasteiger partial charge >= 0.3 is 5.97 Å². The Morgan fingerprint density at radius 2 is 1.63 bits per heavy atom. The monoisotopic (exact) mass is 1010 g/mol. The van der Waals surface area contributed by atoms with Gasteiger partial charge in [0.1, 0.15) is 42.2 Å². The Labute approximate surface area is 422 Å². The van der Waals surface area contributed by atoms with Gasteiger partial charge in [0, 0.05) is 47.2 Å². The molecule has 70 heavy (non-hydrogen) atoms. The molecule has 0 radical (unpaired) electrons. The van der Waals surface area contributed by atoms with E-state index in [1.54, 1.807) is 22.7 Å². The Bertz CT molecular complexity index is 2690. The molecule has 1 fully saturated rings. The normalized spacial score (nSPS) is 18.0. The fraction of sp³-hybridized carbons (Fsp3) is 0.490. The predicted octanol–water partition coefficient (Wildman–Crippen LogP) is 7.59. The highest BCUT2D eigenvalue weighted by atomic mass is 35.5. The number of aliphatic hydroxyl groups is 1. The molecule has 1 saturated heterocycles. The van der Waals surface area contributed by atoms with E-state index >= 15 is 0 Å². The number of amides is 3. The van der Waals surface area contributed by atoms with Crippen LogP contribution in [-0.4, -0.2) is 117 Å². The number of carbonyl (C=O) groups is 4. The Kier molecular flexibility index (Phi) is 17.1. The van der Waals surface area contributed by atoms with Crippen molar-refractivity contribution in [2.45, 2.75) is 112 Å². The van der Waals surface area contributed by atoms with Crippen LogP contribution >= 0.6 is 34.3 Å². The summed E-state index contributed by atoms with van der Waals surface area (Å²) in [4.78, 5) is 67.9. The fourth-order valence-electron chi connectivity index (χ4n) is 8.80. The molecule has 2 aliphatic heterocycles. The van der Waals surface area contributed by atoms with Crippen LogP contribution in [0.25, 0.3) is 15.4 Å². The number of thiophene rings is 1. The molecular weight excluding hydrogens is 952 g/mol. The third-order valence-corrected chi connectivity index (χ3v) is 15.2. The molecule has 16 nitrogen and oxygen atoms in total. The van der Waals surface area contributed by atoms with Gasteiger partial charge in [0.25, 0.3) is 0 Å². The summed E-state index contributed by atoms with van der Waals surface area (Å²) >= 11 is 9.48. The number of esters is 1. The molecule has 0 unspecified atom stereocenters. The number of ether oxygens (including phenoxy) is 3. The largest absolute Gasteiger partial charge is 0.463 e. The molecule has 6 atom stereocenters. The molecule has 374 valence electrons. The number of thiazole rings is 1. The molecule has 2 aromatic carbocycles. The van der Waals surface area contributed by atoms with Crippen molar-refractivity contribution >= 4 is 63.7 Å². The number of nitrogens with one attached hydrogen (secondary N) is 2. The van der Waals surface area contributed by atoms with E-state index in [0.717, 1.165) is 54.0 Å². The van der Waals surface area contributed by atoms with E-state index in [2.05, 4.69) is 39.7 Å². The first-order valence-corrected chi connectivity index (χ1v) is 25.7. The second kappa shape index (κ2) is 22.8. The van der Waals surface area contributed by atoms with Crippen molar-refractivity contribution in [3.8, 4) is 15.4 Å². The molecule has 2 aliphatic rings. The number of nitrogens with zero attached hydrogens (tertiary/aromatic N) is 6. The van der Waals surface area contributed by atoms with Crippen LogP contribution in [0.15, 0.2) is 59.0 Å². The third-order valence-electron chi connectivity index (χ3n) is 12.8. The summed E-state index contributed by atoms with van der Waals surface area (Å²) in [5.74, 6) is -1.14. The molecule has 5 heterocycles. The quantitative estimate of drug-likeness (QED) is 0.0544. The van der Waals surface area contributed by atoms with E-state index < -0.39 is 53.3 Å². The molecule has 5 aromatic rings. The van der Waals surface area contributed by atoms with E-state index in [-0.39, 0.29) is 57.9 Å². The number of aryl methyl sites for hydroxylation is 3. The van der Waals surface area contributed by atoms with Crippen LogP contribution in [0.5, 0.6) is 0 Å². The van der Waals surface area contributed by atoms with Crippen molar-refractivity contribution in [3.63, 3.8) is 0 Å². The van der Waals surface area contributed by atoms with Gasteiger partial charge in [-0.25, -0.2) is 4.98 Å². The molecule has 0 aliphatic carbocycles. The minimum atomic E-state index is -0.993. The van der Waals surface area contributed by atoms with Crippen LogP contribution in [0.3, 0.4) is 0 Å². The fourth-order valence-corrected chi connectivity index (χ4v) is 11.0. The number of benzene rings is 2. The standard InChI is InChI=1S/C51H63ClN8O8S2/c1-10-38(43-46-58-57-32(6)60(46)49-41(28(2)31(5)70-49)42(56-43)34-16-18-36(52)19-17-34)50(65)68-23-22-66-20-11-21-67-26-40(62)55-45(51(7,8)9)48(64)59-25-37(61)24-39(59)47(63)54-29(3)33-12-14-35(15-13-33)44-30(4)53-27-69-44/h12-19,27,29,37-39,43,45,61H,10-11,20-26H2,1-9H3,(H,54,63)(H,55,62)/t29-,37+,38+,39-,43-,45+/m0/s1. The highest BCUT2D eigenvalue weighted by molar-refractivity contribution is 7.15. The molecule has 0 spiro atoms. The first-order valence-electron chi connectivity index (χ1n) is 23.6. The lowest BCUT2D eigenvalue weighted by Crippen LogP contribution is -2.58. The Balaban J connectivity index is 0.862. The number of aliphatic hydroxyl groups excluding tert-OH is 1. The number of likely N-dealkylation sites (tertiary alicyclic amines) is 1. The summed E-state index contributed by atoms with van der Waals surface area (Å²) in [5.41, 5.74) is 7.68. The van der Waals surface area contributed by atoms with Crippen LogP contribution in [-0.2, 0) is 33.4 Å². The van der Waals surface area contributed by atoms with E-state index in [4.69, 9.17) is 30.8 Å². The maximum atomic E-state index is 14.1. The number of aliphatic imine (C=N–C) groups is 1. The predicted molar refractivity (Wildman–Crippen MR) is 271 cm³/mol. The maximum absolute atomic E-state index is 14.1. The van der Waals surface area contributed by atoms with Crippen LogP contribution in [0.2, 0.25) is 5.02 Å². The zero-order chi connectivity index (χ0) is 50.4. The van der Waals surface area contributed by atoms with Gasteiger partial charge in [0.2, 0.25) is 17.7 Å². The lowest BCUT2D eigenvalue weighted by Gasteiger charge is -2.35. The van der Waals surface area contributed by atoms with Crippen LogP contribution in [0.4, 0.5) is 0 Å². The van der Waals surface area contributed by atoms with Gasteiger partial charge in [-0.15, -0.1) is 32.9 Å². The molecule has 0 bridgehead atoms. The summed E-state index contributed by atoms with van der Waals surface area (Å²) in [7, 11) is 0. The van der Waals surface area contributed by atoms with Crippen molar-refractivity contribution < 1.29 is 38.5 Å². The van der Waals surface area contributed by atoms with Gasteiger partial charge in [-0.3, -0.25) is 28.7 Å². The molecule has 3 aromatic heterocycles. The number of carbonyl (C=O) groups excluding carboxylic acids is 4. The number of halogens is 1. The number of hydrogen-bond acceptors (Lipinski definition) is 14. The topological polar surface area (TPSA) is 199 Å². The van der Waals surface area contributed by atoms with Crippen LogP contribution in [0, 0.1) is 39.0 Å². The summed E-state index contributed by atoms with van der Waals surface area (Å²) in [5, 5.41) is 27.0. The SMILES string of the molecule is CC[C@@H](C(=O)OCCOCCCOCC(=O)N[C@H](C(=O)N1C[C@H](O)C[C@H]1C(=O)N[C@@H](C)c1ccc(-c2scnc2C)cc1)C(C)(C)C)[C@@H]1N=C(c2ccc(Cl)cc2)c2c(sc(C)c2C)-n2c(C)nnc21. The molecule has 7 rings (SSSR count).